The van der Waals surface area contributed by atoms with Crippen molar-refractivity contribution >= 4 is 15.7 Å². The minimum atomic E-state index is -5.02. The zero-order valence-electron chi connectivity index (χ0n) is 19.0. The highest BCUT2D eigenvalue weighted by Crippen LogP contribution is 2.37. The third kappa shape index (κ3) is 5.87. The third-order valence-corrected chi connectivity index (χ3v) is 6.79. The van der Waals surface area contributed by atoms with Gasteiger partial charge in [-0.1, -0.05) is 12.1 Å². The summed E-state index contributed by atoms with van der Waals surface area (Å²) in [6.07, 6.45) is -7.59. The third-order valence-electron chi connectivity index (χ3n) is 5.66. The molecule has 0 N–H and O–H groups in total. The normalized spacial score (nSPS) is 14.7. The van der Waals surface area contributed by atoms with Crippen molar-refractivity contribution in [3.8, 4) is 17.0 Å². The number of carbonyl (C=O) groups is 1. The van der Waals surface area contributed by atoms with Crippen LogP contribution in [0.25, 0.3) is 11.1 Å². The molecule has 0 spiro atoms. The van der Waals surface area contributed by atoms with E-state index in [1.165, 1.54) is 30.5 Å². The van der Waals surface area contributed by atoms with Crippen LogP contribution in [0, 0.1) is 0 Å². The average Bonchev–Trinajstić information content (AvgIpc) is 2.96. The second-order valence-corrected chi connectivity index (χ2v) is 10.4. The van der Waals surface area contributed by atoms with Crippen molar-refractivity contribution in [1.82, 2.24) is 9.88 Å². The van der Waals surface area contributed by atoms with Crippen LogP contribution in [-0.4, -0.2) is 37.1 Å². The molecule has 0 radical (unpaired) electrons. The van der Waals surface area contributed by atoms with Crippen LogP contribution >= 0.6 is 0 Å². The number of rotatable bonds is 4. The summed E-state index contributed by atoms with van der Waals surface area (Å²) in [6.45, 7) is -1.29. The van der Waals surface area contributed by atoms with Gasteiger partial charge in [-0.2, -0.15) is 26.3 Å². The molecule has 1 amide bonds. The molecule has 0 aliphatic carbocycles. The molecule has 0 bridgehead atoms. The standard InChI is InChI=1S/C24H18F6N2O4S/c1-37(34,35)18-4-2-15(3-5-18)19-6-7-31-22-20(19)12-32(21(33)13-36-22)11-14-8-16(23(25,26)27)10-17(9-14)24(28,29)30/h2-10H,11-13H2,1H3. The lowest BCUT2D eigenvalue weighted by Crippen LogP contribution is -2.32. The van der Waals surface area contributed by atoms with E-state index in [2.05, 4.69) is 4.98 Å². The Morgan fingerprint density at radius 3 is 2.08 bits per heavy atom. The minimum absolute atomic E-state index is 0.0222. The van der Waals surface area contributed by atoms with Gasteiger partial charge in [0.05, 0.1) is 22.6 Å². The van der Waals surface area contributed by atoms with Crippen LogP contribution in [0.1, 0.15) is 22.3 Å². The van der Waals surface area contributed by atoms with Crippen molar-refractivity contribution in [2.45, 2.75) is 30.3 Å². The Labute approximate surface area is 207 Å². The van der Waals surface area contributed by atoms with Crippen molar-refractivity contribution in [2.75, 3.05) is 12.9 Å². The number of amides is 1. The Kier molecular flexibility index (Phi) is 6.69. The molecule has 13 heteroatoms. The van der Waals surface area contributed by atoms with Crippen molar-refractivity contribution in [1.29, 1.82) is 0 Å². The highest BCUT2D eigenvalue weighted by Gasteiger charge is 2.37. The largest absolute Gasteiger partial charge is 0.467 e. The zero-order chi connectivity index (χ0) is 27.2. The van der Waals surface area contributed by atoms with Crippen molar-refractivity contribution in [3.63, 3.8) is 0 Å². The van der Waals surface area contributed by atoms with E-state index >= 15 is 0 Å². The number of benzene rings is 2. The van der Waals surface area contributed by atoms with Gasteiger partial charge in [0, 0.05) is 24.6 Å². The second kappa shape index (κ2) is 9.36. The molecule has 0 atom stereocenters. The van der Waals surface area contributed by atoms with Gasteiger partial charge in [-0.05, 0) is 53.1 Å². The lowest BCUT2D eigenvalue weighted by atomic mass is 10.0. The number of sulfone groups is 1. The molecule has 3 aromatic rings. The summed E-state index contributed by atoms with van der Waals surface area (Å²) in [5.41, 5.74) is -1.91. The summed E-state index contributed by atoms with van der Waals surface area (Å²) >= 11 is 0. The predicted octanol–water partition coefficient (Wildman–Crippen LogP) is 5.11. The van der Waals surface area contributed by atoms with Gasteiger partial charge in [0.15, 0.2) is 16.4 Å². The van der Waals surface area contributed by atoms with Crippen LogP contribution < -0.4 is 4.74 Å². The summed E-state index contributed by atoms with van der Waals surface area (Å²) in [6, 6.07) is 8.59. The Morgan fingerprint density at radius 1 is 0.946 bits per heavy atom. The molecule has 1 aromatic heterocycles. The maximum Gasteiger partial charge on any atom is 0.416 e. The highest BCUT2D eigenvalue weighted by atomic mass is 32.2. The molecule has 0 saturated carbocycles. The summed E-state index contributed by atoms with van der Waals surface area (Å²) in [7, 11) is -3.45. The van der Waals surface area contributed by atoms with Gasteiger partial charge in [0.25, 0.3) is 5.91 Å². The fourth-order valence-electron chi connectivity index (χ4n) is 3.88. The number of ether oxygens (including phenoxy) is 1. The molecular formula is C24H18F6N2O4S. The van der Waals surface area contributed by atoms with Gasteiger partial charge in [-0.15, -0.1) is 0 Å². The number of hydrogen-bond acceptors (Lipinski definition) is 5. The molecule has 2 heterocycles. The molecule has 196 valence electrons. The molecular weight excluding hydrogens is 526 g/mol. The molecule has 1 aliphatic heterocycles. The molecule has 6 nitrogen and oxygen atoms in total. The van der Waals surface area contributed by atoms with E-state index in [1.807, 2.05) is 0 Å². The van der Waals surface area contributed by atoms with Crippen LogP contribution in [-0.2, 0) is 40.1 Å². The van der Waals surface area contributed by atoms with Gasteiger partial charge >= 0.3 is 12.4 Å². The lowest BCUT2D eigenvalue weighted by Gasteiger charge is -2.22. The number of hydrogen-bond donors (Lipinski definition) is 0. The van der Waals surface area contributed by atoms with E-state index < -0.39 is 52.4 Å². The maximum atomic E-state index is 13.3. The number of halogens is 6. The first-order chi connectivity index (χ1) is 17.1. The quantitative estimate of drug-likeness (QED) is 0.427. The van der Waals surface area contributed by atoms with E-state index in [0.717, 1.165) is 11.2 Å². The summed E-state index contributed by atoms with van der Waals surface area (Å²) in [5.74, 6) is -0.595. The fraction of sp³-hybridized carbons (Fsp3) is 0.250. The summed E-state index contributed by atoms with van der Waals surface area (Å²) in [4.78, 5) is 18.0. The maximum absolute atomic E-state index is 13.3. The first-order valence-corrected chi connectivity index (χ1v) is 12.5. The molecule has 1 aliphatic rings. The van der Waals surface area contributed by atoms with Crippen molar-refractivity contribution < 1.29 is 44.3 Å². The Bertz CT molecular complexity index is 1420. The number of alkyl halides is 6. The van der Waals surface area contributed by atoms with Gasteiger partial charge in [-0.25, -0.2) is 13.4 Å². The number of nitrogens with zero attached hydrogens (tertiary/aromatic N) is 2. The van der Waals surface area contributed by atoms with Crippen LogP contribution in [0.5, 0.6) is 5.88 Å². The second-order valence-electron chi connectivity index (χ2n) is 8.39. The van der Waals surface area contributed by atoms with E-state index in [9.17, 15) is 39.6 Å². The van der Waals surface area contributed by atoms with Gasteiger partial charge < -0.3 is 9.64 Å². The fourth-order valence-corrected chi connectivity index (χ4v) is 4.51. The Balaban J connectivity index is 1.72. The van der Waals surface area contributed by atoms with Gasteiger partial charge in [0.1, 0.15) is 0 Å². The number of pyridine rings is 1. The number of aromatic nitrogens is 1. The van der Waals surface area contributed by atoms with Gasteiger partial charge in [-0.3, -0.25) is 4.79 Å². The van der Waals surface area contributed by atoms with Crippen molar-refractivity contribution in [2.24, 2.45) is 0 Å². The van der Waals surface area contributed by atoms with Crippen LogP contribution in [0.15, 0.2) is 59.6 Å². The van der Waals surface area contributed by atoms with E-state index in [-0.39, 0.29) is 29.0 Å². The van der Waals surface area contributed by atoms with Crippen LogP contribution in [0.3, 0.4) is 0 Å². The van der Waals surface area contributed by atoms with Crippen molar-refractivity contribution in [3.05, 3.63) is 77.0 Å². The van der Waals surface area contributed by atoms with E-state index in [1.54, 1.807) is 6.07 Å². The SMILES string of the molecule is CS(=O)(=O)c1ccc(-c2ccnc3c2CN(Cc2cc(C(F)(F)F)cc(C(F)(F)F)c2)C(=O)CO3)cc1. The molecule has 2 aromatic carbocycles. The topological polar surface area (TPSA) is 76.6 Å². The summed E-state index contributed by atoms with van der Waals surface area (Å²) < 4.78 is 109. The molecule has 37 heavy (non-hydrogen) atoms. The zero-order valence-corrected chi connectivity index (χ0v) is 19.8. The average molecular weight is 544 g/mol. The van der Waals surface area contributed by atoms with Crippen LogP contribution in [0.2, 0.25) is 0 Å². The predicted molar refractivity (Wildman–Crippen MR) is 119 cm³/mol. The number of carbonyl (C=O) groups excluding carboxylic acids is 1. The molecule has 4 rings (SSSR count). The monoisotopic (exact) mass is 544 g/mol. The summed E-state index contributed by atoms with van der Waals surface area (Å²) in [5, 5.41) is 0. The van der Waals surface area contributed by atoms with E-state index in [4.69, 9.17) is 4.74 Å². The smallest absolute Gasteiger partial charge is 0.416 e. The van der Waals surface area contributed by atoms with Gasteiger partial charge in [0.2, 0.25) is 5.88 Å². The molecule has 0 unspecified atom stereocenters. The minimum Gasteiger partial charge on any atom is -0.467 e. The lowest BCUT2D eigenvalue weighted by molar-refractivity contribution is -0.143. The first kappa shape index (κ1) is 26.5. The molecule has 0 fully saturated rings. The number of fused-ring (bicyclic) bond motifs is 1. The molecule has 0 saturated heterocycles. The highest BCUT2D eigenvalue weighted by molar-refractivity contribution is 7.90. The Morgan fingerprint density at radius 2 is 1.54 bits per heavy atom. The Hall–Kier alpha value is -3.61. The van der Waals surface area contributed by atoms with E-state index in [0.29, 0.717) is 28.8 Å². The van der Waals surface area contributed by atoms with Crippen LogP contribution in [0.4, 0.5) is 26.3 Å². The first-order valence-electron chi connectivity index (χ1n) is 10.6.